The minimum atomic E-state index is -0.206. The molecule has 0 radical (unpaired) electrons. The van der Waals surface area contributed by atoms with Crippen molar-refractivity contribution in [2.75, 3.05) is 7.11 Å². The van der Waals surface area contributed by atoms with Gasteiger partial charge in [-0.25, -0.2) is 9.67 Å². The minimum absolute atomic E-state index is 0.206. The highest BCUT2D eigenvalue weighted by Gasteiger charge is 2.21. The lowest BCUT2D eigenvalue weighted by Crippen LogP contribution is -2.23. The quantitative estimate of drug-likeness (QED) is 0.443. The van der Waals surface area contributed by atoms with Crippen molar-refractivity contribution in [3.63, 3.8) is 0 Å². The first kappa shape index (κ1) is 20.8. The molecule has 4 rings (SSSR count). The van der Waals surface area contributed by atoms with E-state index in [1.54, 1.807) is 29.3 Å². The van der Waals surface area contributed by atoms with Crippen molar-refractivity contribution in [1.82, 2.24) is 20.1 Å². The summed E-state index contributed by atoms with van der Waals surface area (Å²) in [4.78, 5) is 17.8. The summed E-state index contributed by atoms with van der Waals surface area (Å²) in [6, 6.07) is 17.3. The van der Waals surface area contributed by atoms with Gasteiger partial charge in [0.2, 0.25) is 0 Å². The number of hydrogen-bond donors (Lipinski definition) is 1. The molecule has 0 atom stereocenters. The average molecular weight is 433 g/mol. The van der Waals surface area contributed by atoms with Crippen LogP contribution in [-0.2, 0) is 6.54 Å². The Hall–Kier alpha value is -3.45. The van der Waals surface area contributed by atoms with Gasteiger partial charge in [0.05, 0.1) is 35.6 Å². The zero-order chi connectivity index (χ0) is 21.8. The van der Waals surface area contributed by atoms with E-state index >= 15 is 0 Å². The van der Waals surface area contributed by atoms with Crippen molar-refractivity contribution in [3.8, 4) is 22.7 Å². The average Bonchev–Trinajstić information content (AvgIpc) is 3.46. The molecular formula is C24H24N4O2S. The fourth-order valence-electron chi connectivity index (χ4n) is 3.23. The lowest BCUT2D eigenvalue weighted by Gasteiger charge is -2.08. The molecule has 0 spiro atoms. The lowest BCUT2D eigenvalue weighted by molar-refractivity contribution is 0.0951. The summed E-state index contributed by atoms with van der Waals surface area (Å²) < 4.78 is 7.23. The maximum atomic E-state index is 13.2. The molecular weight excluding hydrogens is 408 g/mol. The van der Waals surface area contributed by atoms with E-state index in [9.17, 15) is 4.79 Å². The van der Waals surface area contributed by atoms with Crippen LogP contribution < -0.4 is 10.1 Å². The molecule has 1 N–H and O–H groups in total. The van der Waals surface area contributed by atoms with E-state index in [2.05, 4.69) is 24.1 Å². The Morgan fingerprint density at radius 1 is 1.13 bits per heavy atom. The molecule has 2 heterocycles. The zero-order valence-corrected chi connectivity index (χ0v) is 18.5. The number of ether oxygens (including phenoxy) is 1. The highest BCUT2D eigenvalue weighted by atomic mass is 32.1. The number of para-hydroxylation sites is 2. The molecule has 0 aliphatic carbocycles. The van der Waals surface area contributed by atoms with Gasteiger partial charge in [0.1, 0.15) is 11.4 Å². The summed E-state index contributed by atoms with van der Waals surface area (Å²) in [7, 11) is 1.61. The number of benzene rings is 2. The van der Waals surface area contributed by atoms with E-state index in [1.807, 2.05) is 60.0 Å². The molecule has 2 aromatic heterocycles. The number of rotatable bonds is 7. The van der Waals surface area contributed by atoms with E-state index in [1.165, 1.54) is 0 Å². The highest BCUT2D eigenvalue weighted by Crippen LogP contribution is 2.31. The first-order valence-electron chi connectivity index (χ1n) is 10.1. The van der Waals surface area contributed by atoms with Crippen LogP contribution in [0.1, 0.15) is 40.8 Å². The van der Waals surface area contributed by atoms with Gasteiger partial charge in [-0.05, 0) is 24.3 Å². The summed E-state index contributed by atoms with van der Waals surface area (Å²) >= 11 is 1.62. The van der Waals surface area contributed by atoms with Gasteiger partial charge in [-0.2, -0.15) is 5.10 Å². The van der Waals surface area contributed by atoms with E-state index in [4.69, 9.17) is 9.84 Å². The van der Waals surface area contributed by atoms with E-state index < -0.39 is 0 Å². The summed E-state index contributed by atoms with van der Waals surface area (Å²) in [6.45, 7) is 4.58. The maximum absolute atomic E-state index is 13.2. The van der Waals surface area contributed by atoms with Crippen molar-refractivity contribution in [1.29, 1.82) is 0 Å². The van der Waals surface area contributed by atoms with Crippen LogP contribution in [0.5, 0.6) is 5.75 Å². The highest BCUT2D eigenvalue weighted by molar-refractivity contribution is 7.09. The second-order valence-corrected chi connectivity index (χ2v) is 8.28. The van der Waals surface area contributed by atoms with Crippen LogP contribution in [0, 0.1) is 0 Å². The van der Waals surface area contributed by atoms with E-state index in [0.29, 0.717) is 29.5 Å². The Labute approximate surface area is 185 Å². The molecule has 0 fully saturated rings. The number of nitrogens with one attached hydrogen (secondary N) is 1. The number of carbonyl (C=O) groups excluding carboxylic acids is 1. The second kappa shape index (κ2) is 9.14. The van der Waals surface area contributed by atoms with Gasteiger partial charge in [0.25, 0.3) is 5.91 Å². The predicted molar refractivity (Wildman–Crippen MR) is 123 cm³/mol. The number of nitrogens with zero attached hydrogens (tertiary/aromatic N) is 3. The molecule has 6 nitrogen and oxygen atoms in total. The van der Waals surface area contributed by atoms with Crippen LogP contribution in [0.15, 0.2) is 66.2 Å². The van der Waals surface area contributed by atoms with Crippen molar-refractivity contribution < 1.29 is 9.53 Å². The summed E-state index contributed by atoms with van der Waals surface area (Å²) in [5.41, 5.74) is 3.54. The van der Waals surface area contributed by atoms with Gasteiger partial charge in [-0.1, -0.05) is 44.2 Å². The van der Waals surface area contributed by atoms with Gasteiger partial charge >= 0.3 is 0 Å². The predicted octanol–water partition coefficient (Wildman–Crippen LogP) is 5.06. The van der Waals surface area contributed by atoms with Crippen LogP contribution >= 0.6 is 11.3 Å². The third kappa shape index (κ3) is 4.51. The lowest BCUT2D eigenvalue weighted by atomic mass is 10.1. The van der Waals surface area contributed by atoms with Gasteiger partial charge in [0.15, 0.2) is 0 Å². The fraction of sp³-hybridized carbons (Fsp3) is 0.208. The van der Waals surface area contributed by atoms with Gasteiger partial charge in [-0.3, -0.25) is 4.79 Å². The molecule has 31 heavy (non-hydrogen) atoms. The standard InChI is InChI=1S/C24H24N4O2S/c1-16(2)24-26-17(15-31-24)13-25-23(29)20-14-28(18-9-5-4-6-10-18)27-22(20)19-11-7-8-12-21(19)30-3/h4-12,14-16H,13H2,1-3H3,(H,25,29). The Bertz CT molecular complexity index is 1180. The number of hydrogen-bond acceptors (Lipinski definition) is 5. The Morgan fingerprint density at radius 2 is 1.87 bits per heavy atom. The third-order valence-corrected chi connectivity index (χ3v) is 6.03. The third-order valence-electron chi connectivity index (χ3n) is 4.84. The van der Waals surface area contributed by atoms with E-state index in [0.717, 1.165) is 22.0 Å². The second-order valence-electron chi connectivity index (χ2n) is 7.39. The Morgan fingerprint density at radius 3 is 2.58 bits per heavy atom. The molecule has 0 saturated carbocycles. The topological polar surface area (TPSA) is 69.0 Å². The number of methoxy groups -OCH3 is 1. The largest absolute Gasteiger partial charge is 0.496 e. The molecule has 7 heteroatoms. The van der Waals surface area contributed by atoms with Crippen LogP contribution in [-0.4, -0.2) is 27.8 Å². The Balaban J connectivity index is 1.67. The fourth-order valence-corrected chi connectivity index (χ4v) is 4.06. The minimum Gasteiger partial charge on any atom is -0.496 e. The number of thiazole rings is 1. The van der Waals surface area contributed by atoms with Crippen molar-refractivity contribution >= 4 is 17.2 Å². The first-order valence-corrected chi connectivity index (χ1v) is 11.0. The first-order chi connectivity index (χ1) is 15.1. The summed E-state index contributed by atoms with van der Waals surface area (Å²) in [6.07, 6.45) is 1.76. The Kier molecular flexibility index (Phi) is 6.13. The molecule has 0 saturated heterocycles. The number of carbonyl (C=O) groups is 1. The molecule has 158 valence electrons. The van der Waals surface area contributed by atoms with Crippen molar-refractivity contribution in [3.05, 3.63) is 82.4 Å². The van der Waals surface area contributed by atoms with Crippen LogP contribution in [0.25, 0.3) is 16.9 Å². The van der Waals surface area contributed by atoms with Crippen LogP contribution in [0.2, 0.25) is 0 Å². The van der Waals surface area contributed by atoms with Crippen LogP contribution in [0.4, 0.5) is 0 Å². The molecule has 0 unspecified atom stereocenters. The monoisotopic (exact) mass is 432 g/mol. The van der Waals surface area contributed by atoms with Crippen molar-refractivity contribution in [2.45, 2.75) is 26.3 Å². The summed E-state index contributed by atoms with van der Waals surface area (Å²) in [5.74, 6) is 0.828. The molecule has 1 amide bonds. The molecule has 0 aliphatic heterocycles. The molecule has 2 aromatic carbocycles. The van der Waals surface area contributed by atoms with Crippen LogP contribution in [0.3, 0.4) is 0 Å². The number of aromatic nitrogens is 3. The van der Waals surface area contributed by atoms with Gasteiger partial charge in [-0.15, -0.1) is 11.3 Å². The zero-order valence-electron chi connectivity index (χ0n) is 17.7. The normalized spacial score (nSPS) is 11.0. The van der Waals surface area contributed by atoms with Crippen molar-refractivity contribution in [2.24, 2.45) is 0 Å². The number of amides is 1. The smallest absolute Gasteiger partial charge is 0.255 e. The summed E-state index contributed by atoms with van der Waals surface area (Å²) in [5, 5.41) is 10.8. The molecule has 0 aliphatic rings. The van der Waals surface area contributed by atoms with Gasteiger partial charge < -0.3 is 10.1 Å². The SMILES string of the molecule is COc1ccccc1-c1nn(-c2ccccc2)cc1C(=O)NCc1csc(C(C)C)n1. The maximum Gasteiger partial charge on any atom is 0.255 e. The molecule has 4 aromatic rings. The van der Waals surface area contributed by atoms with E-state index in [-0.39, 0.29) is 5.91 Å². The molecule has 0 bridgehead atoms. The van der Waals surface area contributed by atoms with Gasteiger partial charge in [0, 0.05) is 23.1 Å².